The van der Waals surface area contributed by atoms with Crippen LogP contribution in [0.3, 0.4) is 0 Å². The third-order valence-corrected chi connectivity index (χ3v) is 4.99. The Balaban J connectivity index is 1.75. The Labute approximate surface area is 171 Å². The summed E-state index contributed by atoms with van der Waals surface area (Å²) in [5, 5.41) is 27.8. The Bertz CT molecular complexity index is 1030. The van der Waals surface area contributed by atoms with Crippen molar-refractivity contribution in [2.45, 2.75) is 32.7 Å². The summed E-state index contributed by atoms with van der Waals surface area (Å²) in [6.07, 6.45) is 1.81. The van der Waals surface area contributed by atoms with Gasteiger partial charge in [-0.15, -0.1) is 0 Å². The number of carbonyl (C=O) groups excluding carboxylic acids is 2. The molecule has 0 saturated heterocycles. The predicted octanol–water partition coefficient (Wildman–Crippen LogP) is 3.65. The van der Waals surface area contributed by atoms with Gasteiger partial charge in [-0.25, -0.2) is 0 Å². The van der Waals surface area contributed by atoms with Crippen molar-refractivity contribution in [3.63, 3.8) is 0 Å². The number of amides is 2. The van der Waals surface area contributed by atoms with Crippen molar-refractivity contribution in [3.05, 3.63) is 73.3 Å². The molecule has 0 spiro atoms. The standard InChI is InChI=1S/C20H20N4O6/c1-11-17(9-16(23(27)28)10-18(11)24(29)30)20(26)21-12(2)13-5-7-15(8-6-13)22-19(25)14-3-4-14/h5-10,12,14H,3-4H2,1-2H3,(H,21,26)(H,22,25). The number of hydrogen-bond donors (Lipinski definition) is 2. The van der Waals surface area contributed by atoms with Crippen LogP contribution in [0.25, 0.3) is 0 Å². The molecule has 2 aromatic rings. The molecule has 0 aromatic heterocycles. The van der Waals surface area contributed by atoms with Gasteiger partial charge in [-0.3, -0.25) is 29.8 Å². The fraction of sp³-hybridized carbons (Fsp3) is 0.300. The molecular weight excluding hydrogens is 392 g/mol. The maximum absolute atomic E-state index is 12.7. The summed E-state index contributed by atoms with van der Waals surface area (Å²) in [7, 11) is 0. The Hall–Kier alpha value is -3.82. The molecule has 1 aliphatic rings. The molecule has 1 aliphatic carbocycles. The van der Waals surface area contributed by atoms with Crippen LogP contribution in [0.2, 0.25) is 0 Å². The Kier molecular flexibility index (Phi) is 5.77. The average molecular weight is 412 g/mol. The molecule has 0 bridgehead atoms. The van der Waals surface area contributed by atoms with Crippen LogP contribution in [0.4, 0.5) is 17.1 Å². The minimum Gasteiger partial charge on any atom is -0.346 e. The van der Waals surface area contributed by atoms with Gasteiger partial charge in [0.1, 0.15) is 0 Å². The Morgan fingerprint density at radius 1 is 1.07 bits per heavy atom. The highest BCUT2D eigenvalue weighted by Crippen LogP contribution is 2.31. The first-order valence-corrected chi connectivity index (χ1v) is 9.32. The number of benzene rings is 2. The van der Waals surface area contributed by atoms with E-state index in [4.69, 9.17) is 0 Å². The SMILES string of the molecule is Cc1c(C(=O)NC(C)c2ccc(NC(=O)C3CC3)cc2)cc([N+](=O)[O-])cc1[N+](=O)[O-]. The molecule has 10 nitrogen and oxygen atoms in total. The van der Waals surface area contributed by atoms with E-state index in [9.17, 15) is 29.8 Å². The fourth-order valence-corrected chi connectivity index (χ4v) is 3.02. The van der Waals surface area contributed by atoms with Crippen molar-refractivity contribution in [1.82, 2.24) is 5.32 Å². The predicted molar refractivity (Wildman–Crippen MR) is 108 cm³/mol. The Morgan fingerprint density at radius 2 is 1.70 bits per heavy atom. The van der Waals surface area contributed by atoms with Crippen LogP contribution in [-0.4, -0.2) is 21.7 Å². The largest absolute Gasteiger partial charge is 0.346 e. The number of nitro groups is 2. The van der Waals surface area contributed by atoms with Crippen LogP contribution < -0.4 is 10.6 Å². The number of rotatable bonds is 7. The van der Waals surface area contributed by atoms with Crippen LogP contribution in [0.5, 0.6) is 0 Å². The maximum atomic E-state index is 12.7. The molecule has 3 rings (SSSR count). The van der Waals surface area contributed by atoms with Gasteiger partial charge in [-0.05, 0) is 44.4 Å². The summed E-state index contributed by atoms with van der Waals surface area (Å²) in [5.74, 6) is -0.574. The molecule has 0 heterocycles. The zero-order valence-corrected chi connectivity index (χ0v) is 16.4. The van der Waals surface area contributed by atoms with Gasteiger partial charge in [0.2, 0.25) is 5.91 Å². The highest BCUT2D eigenvalue weighted by molar-refractivity contribution is 5.97. The monoisotopic (exact) mass is 412 g/mol. The lowest BCUT2D eigenvalue weighted by Gasteiger charge is -2.16. The van der Waals surface area contributed by atoms with Gasteiger partial charge in [0, 0.05) is 23.2 Å². The zero-order valence-electron chi connectivity index (χ0n) is 16.4. The molecule has 2 N–H and O–H groups in total. The van der Waals surface area contributed by atoms with E-state index < -0.39 is 33.2 Å². The number of nitro benzene ring substituents is 2. The van der Waals surface area contributed by atoms with Crippen molar-refractivity contribution in [2.24, 2.45) is 5.92 Å². The lowest BCUT2D eigenvalue weighted by atomic mass is 10.0. The molecule has 2 amide bonds. The average Bonchev–Trinajstić information content (AvgIpc) is 3.53. The van der Waals surface area contributed by atoms with E-state index in [-0.39, 0.29) is 23.0 Å². The summed E-state index contributed by atoms with van der Waals surface area (Å²) in [5.41, 5.74) is 0.299. The van der Waals surface area contributed by atoms with Crippen LogP contribution in [-0.2, 0) is 4.79 Å². The lowest BCUT2D eigenvalue weighted by molar-refractivity contribution is -0.394. The highest BCUT2D eigenvalue weighted by Gasteiger charge is 2.29. The summed E-state index contributed by atoms with van der Waals surface area (Å²) in [4.78, 5) is 45.2. The normalized spacial score (nSPS) is 13.9. The Morgan fingerprint density at radius 3 is 2.23 bits per heavy atom. The number of carbonyl (C=O) groups is 2. The summed E-state index contributed by atoms with van der Waals surface area (Å²) >= 11 is 0. The first-order valence-electron chi connectivity index (χ1n) is 9.32. The number of nitrogens with zero attached hydrogens (tertiary/aromatic N) is 2. The molecule has 1 unspecified atom stereocenters. The number of non-ortho nitro benzene ring substituents is 1. The van der Waals surface area contributed by atoms with Crippen LogP contribution >= 0.6 is 0 Å². The van der Waals surface area contributed by atoms with Gasteiger partial charge >= 0.3 is 0 Å². The minimum atomic E-state index is -0.776. The van der Waals surface area contributed by atoms with Gasteiger partial charge in [0.25, 0.3) is 17.3 Å². The first kappa shape index (κ1) is 20.9. The highest BCUT2D eigenvalue weighted by atomic mass is 16.6. The second-order valence-corrected chi connectivity index (χ2v) is 7.23. The van der Waals surface area contributed by atoms with Gasteiger partial charge < -0.3 is 10.6 Å². The third kappa shape index (κ3) is 4.59. The van der Waals surface area contributed by atoms with E-state index in [0.717, 1.165) is 30.5 Å². The summed E-state index contributed by atoms with van der Waals surface area (Å²) in [6, 6.07) is 8.34. The molecule has 2 aromatic carbocycles. The molecule has 30 heavy (non-hydrogen) atoms. The third-order valence-electron chi connectivity index (χ3n) is 4.99. The molecule has 1 atom stereocenters. The van der Waals surface area contributed by atoms with E-state index in [0.29, 0.717) is 5.69 Å². The number of nitrogens with one attached hydrogen (secondary N) is 2. The molecule has 1 fully saturated rings. The molecule has 1 saturated carbocycles. The molecule has 0 aliphatic heterocycles. The van der Waals surface area contributed by atoms with E-state index >= 15 is 0 Å². The van der Waals surface area contributed by atoms with E-state index in [2.05, 4.69) is 10.6 Å². The van der Waals surface area contributed by atoms with Crippen LogP contribution in [0.15, 0.2) is 36.4 Å². The van der Waals surface area contributed by atoms with Gasteiger partial charge in [0.05, 0.1) is 27.5 Å². The molecule has 10 heteroatoms. The lowest BCUT2D eigenvalue weighted by Crippen LogP contribution is -2.27. The summed E-state index contributed by atoms with van der Waals surface area (Å²) < 4.78 is 0. The quantitative estimate of drug-likeness (QED) is 0.524. The second kappa shape index (κ2) is 8.27. The topological polar surface area (TPSA) is 144 Å². The fourth-order valence-electron chi connectivity index (χ4n) is 3.02. The van der Waals surface area contributed by atoms with Crippen molar-refractivity contribution in [3.8, 4) is 0 Å². The van der Waals surface area contributed by atoms with Gasteiger partial charge in [-0.2, -0.15) is 0 Å². The smallest absolute Gasteiger partial charge is 0.279 e. The molecule has 0 radical (unpaired) electrons. The first-order chi connectivity index (χ1) is 14.2. The molecular formula is C20H20N4O6. The number of hydrogen-bond acceptors (Lipinski definition) is 6. The van der Waals surface area contributed by atoms with Crippen molar-refractivity contribution in [2.75, 3.05) is 5.32 Å². The van der Waals surface area contributed by atoms with E-state index in [1.807, 2.05) is 0 Å². The second-order valence-electron chi connectivity index (χ2n) is 7.23. The van der Waals surface area contributed by atoms with E-state index in [1.54, 1.807) is 31.2 Å². The van der Waals surface area contributed by atoms with Crippen molar-refractivity contribution >= 4 is 28.9 Å². The zero-order chi connectivity index (χ0) is 22.0. The van der Waals surface area contributed by atoms with Crippen molar-refractivity contribution in [1.29, 1.82) is 0 Å². The number of anilines is 1. The molecule has 156 valence electrons. The minimum absolute atomic E-state index is 0.00755. The van der Waals surface area contributed by atoms with Crippen molar-refractivity contribution < 1.29 is 19.4 Å². The van der Waals surface area contributed by atoms with Gasteiger partial charge in [-0.1, -0.05) is 12.1 Å². The summed E-state index contributed by atoms with van der Waals surface area (Å²) in [6.45, 7) is 3.09. The van der Waals surface area contributed by atoms with Gasteiger partial charge in [0.15, 0.2) is 0 Å². The van der Waals surface area contributed by atoms with E-state index in [1.165, 1.54) is 6.92 Å². The van der Waals surface area contributed by atoms with Crippen LogP contribution in [0.1, 0.15) is 47.3 Å². The van der Waals surface area contributed by atoms with Crippen LogP contribution in [0, 0.1) is 33.1 Å². The maximum Gasteiger partial charge on any atom is 0.279 e.